The molecule has 1 aromatic heterocycles. The summed E-state index contributed by atoms with van der Waals surface area (Å²) < 4.78 is 29.8. The molecule has 2 rings (SSSR count). The molecule has 1 aliphatic heterocycles. The van der Waals surface area contributed by atoms with Gasteiger partial charge in [-0.1, -0.05) is 16.6 Å². The van der Waals surface area contributed by atoms with E-state index in [1.165, 1.54) is 10.3 Å². The number of nitrogens with one attached hydrogen (secondary N) is 1. The number of carbonyl (C=O) groups is 1. The minimum Gasteiger partial charge on any atom is -0.340 e. The average molecular weight is 274 g/mol. The van der Waals surface area contributed by atoms with Crippen LogP contribution in [0.2, 0.25) is 0 Å². The second kappa shape index (κ2) is 4.80. The molecule has 0 aromatic carbocycles. The highest BCUT2D eigenvalue weighted by Gasteiger charge is 2.27. The second-order valence-electron chi connectivity index (χ2n) is 3.46. The van der Waals surface area contributed by atoms with E-state index in [1.54, 1.807) is 12.2 Å². The summed E-state index contributed by atoms with van der Waals surface area (Å²) in [7, 11) is -3.58. The first-order valence-corrected chi connectivity index (χ1v) is 7.15. The lowest BCUT2D eigenvalue weighted by atomic mass is 10.3. The fourth-order valence-corrected chi connectivity index (χ4v) is 3.14. The van der Waals surface area contributed by atoms with Gasteiger partial charge in [0.15, 0.2) is 5.82 Å². The Bertz CT molecular complexity index is 511. The average Bonchev–Trinajstić information content (AvgIpc) is 2.81. The third-order valence-electron chi connectivity index (χ3n) is 2.26. The zero-order valence-corrected chi connectivity index (χ0v) is 10.3. The third kappa shape index (κ3) is 2.80. The Kier molecular flexibility index (Phi) is 3.38. The molecule has 0 aliphatic carbocycles. The fraction of sp³-hybridized carbons (Fsp3) is 0.375. The highest BCUT2D eigenvalue weighted by atomic mass is 32.2. The van der Waals surface area contributed by atoms with Gasteiger partial charge in [0, 0.05) is 13.1 Å². The lowest BCUT2D eigenvalue weighted by molar-refractivity contribution is -0.117. The van der Waals surface area contributed by atoms with Gasteiger partial charge in [0.2, 0.25) is 16.4 Å². The molecule has 7 nitrogen and oxygen atoms in total. The van der Waals surface area contributed by atoms with Crippen molar-refractivity contribution >= 4 is 33.8 Å². The van der Waals surface area contributed by atoms with Crippen LogP contribution < -0.4 is 4.72 Å². The van der Waals surface area contributed by atoms with Crippen LogP contribution in [0.25, 0.3) is 0 Å². The molecule has 1 N–H and O–H groups in total. The number of amides is 1. The van der Waals surface area contributed by atoms with Gasteiger partial charge in [-0.25, -0.2) is 8.42 Å². The molecule has 1 atom stereocenters. The van der Waals surface area contributed by atoms with E-state index in [0.29, 0.717) is 13.0 Å². The molecule has 17 heavy (non-hydrogen) atoms. The molecular weight excluding hydrogens is 264 g/mol. The summed E-state index contributed by atoms with van der Waals surface area (Å²) in [6.07, 6.45) is 3.86. The topological polar surface area (TPSA) is 92.3 Å². The summed E-state index contributed by atoms with van der Waals surface area (Å²) in [6.45, 7) is 0.584. The SMILES string of the molecule is O=CN1CC=CC(S(=O)(=O)Nc2csnn2)C1. The fourth-order valence-electron chi connectivity index (χ4n) is 1.43. The van der Waals surface area contributed by atoms with Crippen molar-refractivity contribution < 1.29 is 13.2 Å². The quantitative estimate of drug-likeness (QED) is 0.600. The summed E-state index contributed by atoms with van der Waals surface area (Å²) in [5.41, 5.74) is 0. The maximum Gasteiger partial charge on any atom is 0.242 e. The maximum absolute atomic E-state index is 11.9. The molecule has 1 unspecified atom stereocenters. The number of hydrogen-bond acceptors (Lipinski definition) is 6. The lowest BCUT2D eigenvalue weighted by Crippen LogP contribution is -2.40. The van der Waals surface area contributed by atoms with Crippen molar-refractivity contribution in [2.45, 2.75) is 5.25 Å². The molecule has 1 amide bonds. The van der Waals surface area contributed by atoms with Gasteiger partial charge >= 0.3 is 0 Å². The Morgan fingerprint density at radius 3 is 3.06 bits per heavy atom. The number of rotatable bonds is 4. The maximum atomic E-state index is 11.9. The van der Waals surface area contributed by atoms with Crippen molar-refractivity contribution in [3.63, 3.8) is 0 Å². The highest BCUT2D eigenvalue weighted by Crippen LogP contribution is 2.14. The standard InChI is InChI=1S/C8H10N4O3S2/c13-6-12-3-1-2-7(4-12)17(14,15)10-8-5-16-11-9-8/h1-2,5-7,10H,3-4H2. The van der Waals surface area contributed by atoms with Crippen LogP contribution in [0.5, 0.6) is 0 Å². The number of carbonyl (C=O) groups excluding carboxylic acids is 1. The van der Waals surface area contributed by atoms with Crippen LogP contribution in [0.15, 0.2) is 17.5 Å². The molecule has 0 bridgehead atoms. The second-order valence-corrected chi connectivity index (χ2v) is 5.97. The Morgan fingerprint density at radius 1 is 1.59 bits per heavy atom. The van der Waals surface area contributed by atoms with Crippen LogP contribution in [0.4, 0.5) is 5.82 Å². The van der Waals surface area contributed by atoms with Gasteiger partial charge in [0.05, 0.1) is 5.38 Å². The number of anilines is 1. The van der Waals surface area contributed by atoms with Gasteiger partial charge in [-0.05, 0) is 11.5 Å². The number of sulfonamides is 1. The van der Waals surface area contributed by atoms with Crippen LogP contribution in [-0.4, -0.2) is 47.7 Å². The molecule has 2 heterocycles. The summed E-state index contributed by atoms with van der Waals surface area (Å²) in [6, 6.07) is 0. The van der Waals surface area contributed by atoms with Gasteiger partial charge in [-0.15, -0.1) is 5.10 Å². The number of hydrogen-bond donors (Lipinski definition) is 1. The predicted octanol–water partition coefficient (Wildman–Crippen LogP) is -0.323. The first-order valence-electron chi connectivity index (χ1n) is 4.76. The predicted molar refractivity (Wildman–Crippen MR) is 63.0 cm³/mol. The summed E-state index contributed by atoms with van der Waals surface area (Å²) in [5, 5.41) is 4.35. The molecule has 0 saturated heterocycles. The minimum atomic E-state index is -3.58. The van der Waals surface area contributed by atoms with Crippen LogP contribution in [-0.2, 0) is 14.8 Å². The van der Waals surface area contributed by atoms with Gasteiger partial charge < -0.3 is 4.90 Å². The monoisotopic (exact) mass is 274 g/mol. The zero-order valence-electron chi connectivity index (χ0n) is 8.68. The molecule has 1 aliphatic rings. The van der Waals surface area contributed by atoms with E-state index >= 15 is 0 Å². The Morgan fingerprint density at radius 2 is 2.41 bits per heavy atom. The van der Waals surface area contributed by atoms with Gasteiger partial charge in [0.1, 0.15) is 5.25 Å². The van der Waals surface area contributed by atoms with Crippen LogP contribution >= 0.6 is 11.5 Å². The van der Waals surface area contributed by atoms with Gasteiger partial charge in [0.25, 0.3) is 0 Å². The van der Waals surface area contributed by atoms with Crippen molar-refractivity contribution in [2.75, 3.05) is 17.8 Å². The van der Waals surface area contributed by atoms with E-state index in [4.69, 9.17) is 0 Å². The first kappa shape index (κ1) is 12.0. The largest absolute Gasteiger partial charge is 0.340 e. The van der Waals surface area contributed by atoms with E-state index in [9.17, 15) is 13.2 Å². The van der Waals surface area contributed by atoms with Crippen LogP contribution in [0.3, 0.4) is 0 Å². The van der Waals surface area contributed by atoms with Crippen molar-refractivity contribution in [2.24, 2.45) is 0 Å². The molecular formula is C8H10N4O3S2. The van der Waals surface area contributed by atoms with Gasteiger partial charge in [-0.3, -0.25) is 9.52 Å². The highest BCUT2D eigenvalue weighted by molar-refractivity contribution is 7.93. The Labute approximate surface area is 102 Å². The third-order valence-corrected chi connectivity index (χ3v) is 4.36. The molecule has 9 heteroatoms. The molecule has 0 saturated carbocycles. The first-order chi connectivity index (χ1) is 8.12. The molecule has 0 radical (unpaired) electrons. The van der Waals surface area contributed by atoms with Crippen LogP contribution in [0, 0.1) is 0 Å². The molecule has 1 aromatic rings. The Hall–Kier alpha value is -1.48. The number of nitrogens with zero attached hydrogens (tertiary/aromatic N) is 3. The molecule has 0 spiro atoms. The summed E-state index contributed by atoms with van der Waals surface area (Å²) >= 11 is 1.06. The van der Waals surface area contributed by atoms with Crippen molar-refractivity contribution in [3.8, 4) is 0 Å². The Balaban J connectivity index is 2.13. The van der Waals surface area contributed by atoms with E-state index in [-0.39, 0.29) is 12.4 Å². The van der Waals surface area contributed by atoms with E-state index in [0.717, 1.165) is 11.5 Å². The van der Waals surface area contributed by atoms with Crippen molar-refractivity contribution in [3.05, 3.63) is 17.5 Å². The molecule has 0 fully saturated rings. The van der Waals surface area contributed by atoms with E-state index < -0.39 is 15.3 Å². The normalized spacial score (nSPS) is 20.2. The zero-order chi connectivity index (χ0) is 12.3. The minimum absolute atomic E-state index is 0.146. The molecule has 92 valence electrons. The number of aromatic nitrogens is 2. The van der Waals surface area contributed by atoms with E-state index in [2.05, 4.69) is 14.3 Å². The lowest BCUT2D eigenvalue weighted by Gasteiger charge is -2.25. The smallest absolute Gasteiger partial charge is 0.242 e. The van der Waals surface area contributed by atoms with E-state index in [1.807, 2.05) is 0 Å². The van der Waals surface area contributed by atoms with Crippen LogP contribution in [0.1, 0.15) is 0 Å². The summed E-state index contributed by atoms with van der Waals surface area (Å²) in [5.74, 6) is 0.201. The van der Waals surface area contributed by atoms with Crippen molar-refractivity contribution in [1.29, 1.82) is 0 Å². The van der Waals surface area contributed by atoms with Crippen molar-refractivity contribution in [1.82, 2.24) is 14.5 Å². The summed E-state index contributed by atoms with van der Waals surface area (Å²) in [4.78, 5) is 12.0. The van der Waals surface area contributed by atoms with Gasteiger partial charge in [-0.2, -0.15) is 0 Å².